The van der Waals surface area contributed by atoms with E-state index in [-0.39, 0.29) is 5.41 Å². The van der Waals surface area contributed by atoms with E-state index in [0.29, 0.717) is 22.9 Å². The van der Waals surface area contributed by atoms with Crippen molar-refractivity contribution in [2.24, 2.45) is 10.8 Å². The molecule has 0 saturated heterocycles. The molecule has 0 aliphatic heterocycles. The number of anilines is 2. The molecular weight excluding hydrogens is 396 g/mol. The second kappa shape index (κ2) is 7.94. The van der Waals surface area contributed by atoms with Crippen LogP contribution in [0.5, 0.6) is 11.5 Å². The molecule has 0 fully saturated rings. The third kappa shape index (κ3) is 3.93. The standard InChI is InChI=1S/C28H32N2O2/c1-26(2)18-21(20-8-6-5-7-9-20)19-27(3,4)28(26,31-24-14-10-22(29)11-15-24)32-25-16-12-23(30)13-17-25/h5-18H,19,29-30H2,1-4H3. The molecule has 0 unspecified atom stereocenters. The molecule has 0 aromatic heterocycles. The molecule has 32 heavy (non-hydrogen) atoms. The third-order valence-corrected chi connectivity index (χ3v) is 6.33. The van der Waals surface area contributed by atoms with Crippen LogP contribution in [0.3, 0.4) is 0 Å². The first-order chi connectivity index (χ1) is 15.1. The van der Waals surface area contributed by atoms with Gasteiger partial charge in [-0.25, -0.2) is 0 Å². The van der Waals surface area contributed by atoms with Gasteiger partial charge < -0.3 is 20.9 Å². The van der Waals surface area contributed by atoms with Gasteiger partial charge in [0.2, 0.25) is 0 Å². The molecule has 4 rings (SSSR count). The second-order valence-electron chi connectivity index (χ2n) is 9.78. The van der Waals surface area contributed by atoms with Gasteiger partial charge in [0.25, 0.3) is 5.79 Å². The maximum absolute atomic E-state index is 6.79. The van der Waals surface area contributed by atoms with E-state index in [1.807, 2.05) is 54.6 Å². The number of benzene rings is 3. The summed E-state index contributed by atoms with van der Waals surface area (Å²) < 4.78 is 13.6. The smallest absolute Gasteiger partial charge is 0.264 e. The summed E-state index contributed by atoms with van der Waals surface area (Å²) in [6.07, 6.45) is 3.09. The fourth-order valence-corrected chi connectivity index (χ4v) is 4.85. The lowest BCUT2D eigenvalue weighted by Gasteiger charge is -2.56. The zero-order valence-corrected chi connectivity index (χ0v) is 19.3. The molecule has 0 heterocycles. The minimum Gasteiger partial charge on any atom is -0.451 e. The predicted octanol–water partition coefficient (Wildman–Crippen LogP) is 6.54. The maximum atomic E-state index is 6.79. The van der Waals surface area contributed by atoms with E-state index in [2.05, 4.69) is 58.0 Å². The van der Waals surface area contributed by atoms with Crippen LogP contribution in [0.15, 0.2) is 84.9 Å². The van der Waals surface area contributed by atoms with Crippen LogP contribution < -0.4 is 20.9 Å². The highest BCUT2D eigenvalue weighted by atomic mass is 16.7. The van der Waals surface area contributed by atoms with Crippen molar-refractivity contribution in [3.8, 4) is 11.5 Å². The Morgan fingerprint density at radius 2 is 1.12 bits per heavy atom. The molecule has 1 aliphatic carbocycles. The molecule has 3 aromatic carbocycles. The number of ether oxygens (including phenoxy) is 2. The number of rotatable bonds is 5. The van der Waals surface area contributed by atoms with Gasteiger partial charge in [0.05, 0.1) is 5.41 Å². The Bertz CT molecular complexity index is 1050. The highest BCUT2D eigenvalue weighted by molar-refractivity contribution is 5.68. The fraction of sp³-hybridized carbons (Fsp3) is 0.286. The first kappa shape index (κ1) is 21.8. The van der Waals surface area contributed by atoms with Crippen molar-refractivity contribution in [2.75, 3.05) is 11.5 Å². The summed E-state index contributed by atoms with van der Waals surface area (Å²) in [7, 11) is 0. The van der Waals surface area contributed by atoms with Gasteiger partial charge in [0, 0.05) is 16.8 Å². The highest BCUT2D eigenvalue weighted by Crippen LogP contribution is 2.57. The van der Waals surface area contributed by atoms with Crippen molar-refractivity contribution in [1.82, 2.24) is 0 Å². The summed E-state index contributed by atoms with van der Waals surface area (Å²) in [6, 6.07) is 25.5. The zero-order valence-electron chi connectivity index (χ0n) is 19.3. The lowest BCUT2D eigenvalue weighted by molar-refractivity contribution is -0.246. The summed E-state index contributed by atoms with van der Waals surface area (Å²) >= 11 is 0. The molecule has 4 N–H and O–H groups in total. The van der Waals surface area contributed by atoms with Crippen molar-refractivity contribution in [2.45, 2.75) is 39.9 Å². The molecule has 3 aromatic rings. The normalized spacial score (nSPS) is 18.4. The van der Waals surface area contributed by atoms with E-state index in [0.717, 1.165) is 6.42 Å². The highest BCUT2D eigenvalue weighted by Gasteiger charge is 2.62. The minimum absolute atomic E-state index is 0.376. The monoisotopic (exact) mass is 428 g/mol. The van der Waals surface area contributed by atoms with Gasteiger partial charge in [-0.05, 0) is 79.9 Å². The predicted molar refractivity (Wildman–Crippen MR) is 132 cm³/mol. The van der Waals surface area contributed by atoms with Crippen LogP contribution >= 0.6 is 0 Å². The van der Waals surface area contributed by atoms with Crippen molar-refractivity contribution in [1.29, 1.82) is 0 Å². The molecule has 0 bridgehead atoms. The van der Waals surface area contributed by atoms with Crippen molar-refractivity contribution in [3.05, 3.63) is 90.5 Å². The Labute approximate surface area is 190 Å². The van der Waals surface area contributed by atoms with Crippen molar-refractivity contribution in [3.63, 3.8) is 0 Å². The molecule has 0 saturated carbocycles. The minimum atomic E-state index is -0.982. The Hall–Kier alpha value is -3.40. The molecule has 0 spiro atoms. The summed E-state index contributed by atoms with van der Waals surface area (Å²) in [5.74, 6) is 0.449. The van der Waals surface area contributed by atoms with Crippen LogP contribution in [-0.2, 0) is 0 Å². The van der Waals surface area contributed by atoms with E-state index in [4.69, 9.17) is 20.9 Å². The van der Waals surface area contributed by atoms with Gasteiger partial charge in [0.1, 0.15) is 11.5 Å². The van der Waals surface area contributed by atoms with Gasteiger partial charge in [-0.1, -0.05) is 50.3 Å². The van der Waals surface area contributed by atoms with E-state index >= 15 is 0 Å². The Morgan fingerprint density at radius 1 is 0.656 bits per heavy atom. The molecule has 4 nitrogen and oxygen atoms in total. The van der Waals surface area contributed by atoms with Crippen LogP contribution in [0.1, 0.15) is 39.7 Å². The van der Waals surface area contributed by atoms with Crippen LogP contribution in [0.25, 0.3) is 5.57 Å². The number of nitrogen functional groups attached to an aromatic ring is 2. The van der Waals surface area contributed by atoms with Gasteiger partial charge in [-0.2, -0.15) is 0 Å². The summed E-state index contributed by atoms with van der Waals surface area (Å²) in [4.78, 5) is 0. The van der Waals surface area contributed by atoms with E-state index in [1.165, 1.54) is 11.1 Å². The first-order valence-corrected chi connectivity index (χ1v) is 11.0. The lowest BCUT2D eigenvalue weighted by atomic mass is 9.60. The quantitative estimate of drug-likeness (QED) is 0.357. The summed E-state index contributed by atoms with van der Waals surface area (Å²) in [5, 5.41) is 0. The molecule has 1 aliphatic rings. The maximum Gasteiger partial charge on any atom is 0.264 e. The largest absolute Gasteiger partial charge is 0.451 e. The average molecular weight is 429 g/mol. The van der Waals surface area contributed by atoms with Crippen LogP contribution in [0, 0.1) is 10.8 Å². The van der Waals surface area contributed by atoms with Gasteiger partial charge in [-0.3, -0.25) is 0 Å². The summed E-state index contributed by atoms with van der Waals surface area (Å²) in [6.45, 7) is 8.76. The molecule has 4 heteroatoms. The molecule has 166 valence electrons. The van der Waals surface area contributed by atoms with E-state index in [1.54, 1.807) is 0 Å². The van der Waals surface area contributed by atoms with Crippen LogP contribution in [0.4, 0.5) is 11.4 Å². The lowest BCUT2D eigenvalue weighted by Crippen LogP contribution is -2.64. The topological polar surface area (TPSA) is 70.5 Å². The molecule has 0 radical (unpaired) electrons. The molecule has 0 amide bonds. The Kier molecular flexibility index (Phi) is 5.41. The summed E-state index contributed by atoms with van der Waals surface area (Å²) in [5.41, 5.74) is 14.9. The second-order valence-corrected chi connectivity index (χ2v) is 9.78. The number of hydrogen-bond donors (Lipinski definition) is 2. The fourth-order valence-electron chi connectivity index (χ4n) is 4.85. The van der Waals surface area contributed by atoms with Crippen molar-refractivity contribution < 1.29 is 9.47 Å². The number of hydrogen-bond acceptors (Lipinski definition) is 4. The van der Waals surface area contributed by atoms with Gasteiger partial charge in [0.15, 0.2) is 0 Å². The average Bonchev–Trinajstić information content (AvgIpc) is 2.75. The van der Waals surface area contributed by atoms with E-state index < -0.39 is 11.2 Å². The Morgan fingerprint density at radius 3 is 1.56 bits per heavy atom. The van der Waals surface area contributed by atoms with Gasteiger partial charge >= 0.3 is 0 Å². The Balaban J connectivity index is 1.85. The van der Waals surface area contributed by atoms with Gasteiger partial charge in [-0.15, -0.1) is 0 Å². The van der Waals surface area contributed by atoms with Crippen molar-refractivity contribution >= 4 is 16.9 Å². The first-order valence-electron chi connectivity index (χ1n) is 11.0. The van der Waals surface area contributed by atoms with Crippen LogP contribution in [0.2, 0.25) is 0 Å². The molecular formula is C28H32N2O2. The number of allylic oxidation sites excluding steroid dienone is 1. The SMILES string of the molecule is CC1(C)C=C(c2ccccc2)CC(C)(C)C1(Oc1ccc(N)cc1)Oc1ccc(N)cc1. The van der Waals surface area contributed by atoms with Crippen LogP contribution in [-0.4, -0.2) is 5.79 Å². The zero-order chi connectivity index (χ0) is 23.0. The third-order valence-electron chi connectivity index (χ3n) is 6.33. The van der Waals surface area contributed by atoms with E-state index in [9.17, 15) is 0 Å². The number of nitrogens with two attached hydrogens (primary N) is 2. The molecule has 0 atom stereocenters.